The predicted octanol–water partition coefficient (Wildman–Crippen LogP) is 1.85. The summed E-state index contributed by atoms with van der Waals surface area (Å²) in [6.07, 6.45) is 1.03. The van der Waals surface area contributed by atoms with Crippen LogP contribution in [0.1, 0.15) is 17.9 Å². The van der Waals surface area contributed by atoms with Gasteiger partial charge in [-0.3, -0.25) is 4.79 Å². The number of benzene rings is 1. The van der Waals surface area contributed by atoms with Crippen molar-refractivity contribution in [2.45, 2.75) is 18.4 Å². The summed E-state index contributed by atoms with van der Waals surface area (Å²) in [5.41, 5.74) is 2.37. The van der Waals surface area contributed by atoms with E-state index < -0.39 is 0 Å². The molecule has 0 saturated carbocycles. The molecule has 0 radical (unpaired) electrons. The third-order valence-electron chi connectivity index (χ3n) is 3.17. The molecule has 3 nitrogen and oxygen atoms in total. The van der Waals surface area contributed by atoms with Crippen LogP contribution in [0.5, 0.6) is 0 Å². The first-order chi connectivity index (χ1) is 7.25. The number of halogens is 1. The Balaban J connectivity index is 2.04. The molecule has 2 aliphatic rings. The fraction of sp³-hybridized carbons (Fsp3) is 0.364. The highest BCUT2D eigenvalue weighted by molar-refractivity contribution is 9.10. The molecule has 2 aliphatic heterocycles. The Morgan fingerprint density at radius 1 is 1.40 bits per heavy atom. The van der Waals surface area contributed by atoms with Gasteiger partial charge in [-0.25, -0.2) is 0 Å². The Morgan fingerprint density at radius 3 is 3.13 bits per heavy atom. The van der Waals surface area contributed by atoms with E-state index in [-0.39, 0.29) is 11.9 Å². The van der Waals surface area contributed by atoms with Gasteiger partial charge in [0, 0.05) is 22.6 Å². The van der Waals surface area contributed by atoms with Crippen LogP contribution in [-0.2, 0) is 4.79 Å². The monoisotopic (exact) mass is 266 g/mol. The van der Waals surface area contributed by atoms with Gasteiger partial charge in [0.15, 0.2) is 0 Å². The molecule has 3 rings (SSSR count). The highest BCUT2D eigenvalue weighted by Gasteiger charge is 2.39. The van der Waals surface area contributed by atoms with Gasteiger partial charge >= 0.3 is 0 Å². The van der Waals surface area contributed by atoms with Crippen LogP contribution in [0.3, 0.4) is 0 Å². The van der Waals surface area contributed by atoms with Crippen LogP contribution in [0, 0.1) is 0 Å². The molecular weight excluding hydrogens is 256 g/mol. The lowest BCUT2D eigenvalue weighted by molar-refractivity contribution is -0.123. The average Bonchev–Trinajstić information content (AvgIpc) is 2.57. The summed E-state index contributed by atoms with van der Waals surface area (Å²) >= 11 is 3.44. The van der Waals surface area contributed by atoms with Crippen molar-refractivity contribution in [1.29, 1.82) is 0 Å². The number of hydrogen-bond acceptors (Lipinski definition) is 2. The third-order valence-corrected chi connectivity index (χ3v) is 3.66. The standard InChI is InChI=1S/C11H11BrN2O/c12-6-1-2-7-8-3-4-13-11(15)10(8)14-9(7)5-6/h1-2,5,8,10,14H,3-4H2,(H,13,15). The fourth-order valence-corrected chi connectivity index (χ4v) is 2.82. The molecule has 0 aliphatic carbocycles. The number of fused-ring (bicyclic) bond motifs is 3. The van der Waals surface area contributed by atoms with Gasteiger partial charge in [-0.1, -0.05) is 22.0 Å². The van der Waals surface area contributed by atoms with E-state index in [0.717, 1.165) is 23.1 Å². The highest BCUT2D eigenvalue weighted by Crippen LogP contribution is 2.40. The SMILES string of the molecule is O=C1NCCC2c3ccc(Br)cc3NC12. The number of piperidine rings is 1. The summed E-state index contributed by atoms with van der Waals surface area (Å²) in [5.74, 6) is 0.473. The van der Waals surface area contributed by atoms with E-state index in [1.807, 2.05) is 12.1 Å². The number of amides is 1. The van der Waals surface area contributed by atoms with E-state index in [4.69, 9.17) is 0 Å². The van der Waals surface area contributed by atoms with Crippen molar-refractivity contribution in [2.75, 3.05) is 11.9 Å². The molecule has 15 heavy (non-hydrogen) atoms. The topological polar surface area (TPSA) is 41.1 Å². The Labute approximate surface area is 96.4 Å². The van der Waals surface area contributed by atoms with Crippen molar-refractivity contribution in [1.82, 2.24) is 5.32 Å². The summed E-state index contributed by atoms with van der Waals surface area (Å²) in [5, 5.41) is 6.17. The average molecular weight is 267 g/mol. The molecule has 1 amide bonds. The molecule has 2 heterocycles. The maximum Gasteiger partial charge on any atom is 0.243 e. The fourth-order valence-electron chi connectivity index (χ4n) is 2.46. The van der Waals surface area contributed by atoms with Gasteiger partial charge in [-0.15, -0.1) is 0 Å². The molecule has 78 valence electrons. The van der Waals surface area contributed by atoms with Gasteiger partial charge < -0.3 is 10.6 Å². The molecule has 2 N–H and O–H groups in total. The zero-order chi connectivity index (χ0) is 10.4. The largest absolute Gasteiger partial charge is 0.373 e. The van der Waals surface area contributed by atoms with Crippen molar-refractivity contribution in [3.63, 3.8) is 0 Å². The smallest absolute Gasteiger partial charge is 0.243 e. The molecule has 0 spiro atoms. The first-order valence-corrected chi connectivity index (χ1v) is 5.89. The van der Waals surface area contributed by atoms with E-state index in [1.54, 1.807) is 0 Å². The quantitative estimate of drug-likeness (QED) is 0.753. The van der Waals surface area contributed by atoms with Crippen molar-refractivity contribution in [3.8, 4) is 0 Å². The summed E-state index contributed by atoms with van der Waals surface area (Å²) in [6, 6.07) is 6.12. The summed E-state index contributed by atoms with van der Waals surface area (Å²) in [6.45, 7) is 0.789. The Morgan fingerprint density at radius 2 is 2.27 bits per heavy atom. The van der Waals surface area contributed by atoms with Crippen molar-refractivity contribution < 1.29 is 4.79 Å². The third kappa shape index (κ3) is 1.35. The van der Waals surface area contributed by atoms with Gasteiger partial charge in [-0.2, -0.15) is 0 Å². The number of nitrogens with one attached hydrogen (secondary N) is 2. The summed E-state index contributed by atoms with van der Waals surface area (Å²) in [4.78, 5) is 11.6. The first-order valence-electron chi connectivity index (χ1n) is 5.09. The van der Waals surface area contributed by atoms with Gasteiger partial charge in [0.25, 0.3) is 0 Å². The number of hydrogen-bond donors (Lipinski definition) is 2. The van der Waals surface area contributed by atoms with E-state index >= 15 is 0 Å². The molecule has 2 unspecified atom stereocenters. The van der Waals surface area contributed by atoms with Crippen LogP contribution < -0.4 is 10.6 Å². The molecule has 1 saturated heterocycles. The van der Waals surface area contributed by atoms with E-state index in [2.05, 4.69) is 32.6 Å². The number of rotatable bonds is 0. The maximum absolute atomic E-state index is 11.6. The van der Waals surface area contributed by atoms with Crippen LogP contribution in [0.15, 0.2) is 22.7 Å². The van der Waals surface area contributed by atoms with Gasteiger partial charge in [0.05, 0.1) is 0 Å². The number of carbonyl (C=O) groups excluding carboxylic acids is 1. The molecule has 1 fully saturated rings. The number of anilines is 1. The van der Waals surface area contributed by atoms with E-state index in [1.165, 1.54) is 5.56 Å². The Bertz CT molecular complexity index is 433. The predicted molar refractivity (Wildman–Crippen MR) is 61.9 cm³/mol. The van der Waals surface area contributed by atoms with Crippen LogP contribution in [-0.4, -0.2) is 18.5 Å². The molecule has 4 heteroatoms. The van der Waals surface area contributed by atoms with Crippen molar-refractivity contribution in [3.05, 3.63) is 28.2 Å². The van der Waals surface area contributed by atoms with Crippen LogP contribution >= 0.6 is 15.9 Å². The van der Waals surface area contributed by atoms with Crippen molar-refractivity contribution >= 4 is 27.5 Å². The van der Waals surface area contributed by atoms with Crippen molar-refractivity contribution in [2.24, 2.45) is 0 Å². The maximum atomic E-state index is 11.6. The minimum absolute atomic E-state index is 0.0666. The number of carbonyl (C=O) groups is 1. The Hall–Kier alpha value is -1.03. The lowest BCUT2D eigenvalue weighted by atomic mass is 9.89. The molecule has 1 aromatic carbocycles. The zero-order valence-corrected chi connectivity index (χ0v) is 9.67. The van der Waals surface area contributed by atoms with E-state index in [0.29, 0.717) is 5.92 Å². The minimum atomic E-state index is -0.0666. The van der Waals surface area contributed by atoms with Crippen LogP contribution in [0.25, 0.3) is 0 Å². The zero-order valence-electron chi connectivity index (χ0n) is 8.09. The lowest BCUT2D eigenvalue weighted by Crippen LogP contribution is -2.46. The van der Waals surface area contributed by atoms with Crippen LogP contribution in [0.2, 0.25) is 0 Å². The summed E-state index contributed by atoms with van der Waals surface area (Å²) < 4.78 is 1.05. The lowest BCUT2D eigenvalue weighted by Gasteiger charge is -2.25. The highest BCUT2D eigenvalue weighted by atomic mass is 79.9. The second-order valence-electron chi connectivity index (χ2n) is 4.04. The summed E-state index contributed by atoms with van der Waals surface area (Å²) in [7, 11) is 0. The van der Waals surface area contributed by atoms with Gasteiger partial charge in [-0.05, 0) is 24.1 Å². The molecule has 2 atom stereocenters. The second-order valence-corrected chi connectivity index (χ2v) is 4.96. The molecule has 0 aromatic heterocycles. The second kappa shape index (κ2) is 3.23. The molecule has 0 bridgehead atoms. The molecule has 1 aromatic rings. The van der Waals surface area contributed by atoms with Gasteiger partial charge in [0.1, 0.15) is 6.04 Å². The van der Waals surface area contributed by atoms with Crippen LogP contribution in [0.4, 0.5) is 5.69 Å². The Kier molecular flexibility index (Phi) is 1.99. The van der Waals surface area contributed by atoms with Gasteiger partial charge in [0.2, 0.25) is 5.91 Å². The first kappa shape index (κ1) is 9.21. The molecular formula is C11H11BrN2O. The van der Waals surface area contributed by atoms with E-state index in [9.17, 15) is 4.79 Å². The minimum Gasteiger partial charge on any atom is -0.373 e. The normalized spacial score (nSPS) is 27.7.